The van der Waals surface area contributed by atoms with Crippen molar-refractivity contribution in [3.63, 3.8) is 0 Å². The molecule has 9 nitrogen and oxygen atoms in total. The Labute approximate surface area is 183 Å². The molecule has 1 aliphatic heterocycles. The largest absolute Gasteiger partial charge is 0.456 e. The molecule has 1 aromatic heterocycles. The van der Waals surface area contributed by atoms with Gasteiger partial charge in [-0.3, -0.25) is 9.59 Å². The van der Waals surface area contributed by atoms with E-state index in [9.17, 15) is 18.0 Å². The first kappa shape index (κ1) is 23.7. The first-order valence-electron chi connectivity index (χ1n) is 11.1. The predicted molar refractivity (Wildman–Crippen MR) is 113 cm³/mol. The summed E-state index contributed by atoms with van der Waals surface area (Å²) in [5.74, 6) is 0.452. The first-order chi connectivity index (χ1) is 14.5. The highest BCUT2D eigenvalue weighted by Gasteiger charge is 2.39. The molecule has 0 N–H and O–H groups in total. The fraction of sp³-hybridized carbons (Fsp3) is 0.810. The molecule has 10 heteroatoms. The number of esters is 1. The van der Waals surface area contributed by atoms with Crippen molar-refractivity contribution in [2.24, 2.45) is 0 Å². The molecule has 2 fully saturated rings. The third-order valence-electron chi connectivity index (χ3n) is 5.87. The first-order valence-corrected chi connectivity index (χ1v) is 12.9. The van der Waals surface area contributed by atoms with Gasteiger partial charge in [0.25, 0.3) is 5.91 Å². The van der Waals surface area contributed by atoms with E-state index in [0.717, 1.165) is 25.7 Å². The average molecular weight is 456 g/mol. The van der Waals surface area contributed by atoms with E-state index < -0.39 is 15.8 Å². The Hall–Kier alpha value is -1.97. The summed E-state index contributed by atoms with van der Waals surface area (Å²) in [5, 5.41) is 3.95. The minimum Gasteiger partial charge on any atom is -0.456 e. The molecular weight excluding hydrogens is 422 g/mol. The van der Waals surface area contributed by atoms with E-state index in [-0.39, 0.29) is 47.9 Å². The zero-order valence-corrected chi connectivity index (χ0v) is 19.4. The van der Waals surface area contributed by atoms with E-state index in [1.54, 1.807) is 4.90 Å². The normalized spacial score (nSPS) is 21.3. The van der Waals surface area contributed by atoms with Gasteiger partial charge in [-0.2, -0.15) is 4.98 Å². The van der Waals surface area contributed by atoms with Crippen molar-refractivity contribution in [3.8, 4) is 0 Å². The van der Waals surface area contributed by atoms with Crippen molar-refractivity contribution in [1.82, 2.24) is 15.0 Å². The fourth-order valence-electron chi connectivity index (χ4n) is 4.22. The summed E-state index contributed by atoms with van der Waals surface area (Å²) in [4.78, 5) is 31.0. The van der Waals surface area contributed by atoms with Crippen LogP contribution in [0, 0.1) is 0 Å². The van der Waals surface area contributed by atoms with Crippen LogP contribution in [-0.4, -0.2) is 65.5 Å². The number of carbonyl (C=O) groups is 2. The molecule has 1 unspecified atom stereocenters. The highest BCUT2D eigenvalue weighted by Crippen LogP contribution is 2.29. The van der Waals surface area contributed by atoms with Crippen LogP contribution in [0.4, 0.5) is 0 Å². The van der Waals surface area contributed by atoms with Gasteiger partial charge in [0, 0.05) is 30.3 Å². The molecular formula is C21H33N3O6S. The second-order valence-corrected chi connectivity index (χ2v) is 11.8. The molecule has 2 aliphatic rings. The van der Waals surface area contributed by atoms with Gasteiger partial charge in [0.15, 0.2) is 22.3 Å². The second-order valence-electron chi connectivity index (χ2n) is 9.57. The van der Waals surface area contributed by atoms with E-state index in [4.69, 9.17) is 9.26 Å². The molecule has 31 heavy (non-hydrogen) atoms. The summed E-state index contributed by atoms with van der Waals surface area (Å²) in [6.07, 6.45) is 5.34. The van der Waals surface area contributed by atoms with Crippen molar-refractivity contribution >= 4 is 21.7 Å². The number of carbonyl (C=O) groups excluding carboxylic acids is 2. The van der Waals surface area contributed by atoms with Gasteiger partial charge in [-0.25, -0.2) is 8.42 Å². The van der Waals surface area contributed by atoms with Crippen LogP contribution < -0.4 is 0 Å². The van der Waals surface area contributed by atoms with Crippen molar-refractivity contribution in [2.45, 2.75) is 89.6 Å². The average Bonchev–Trinajstić information content (AvgIpc) is 3.41. The molecule has 0 bridgehead atoms. The maximum absolute atomic E-state index is 12.8. The van der Waals surface area contributed by atoms with Gasteiger partial charge in [0.2, 0.25) is 5.89 Å². The molecule has 0 radical (unpaired) electrons. The molecule has 2 heterocycles. The summed E-state index contributed by atoms with van der Waals surface area (Å²) >= 11 is 0. The molecule has 0 spiro atoms. The highest BCUT2D eigenvalue weighted by molar-refractivity contribution is 7.91. The summed E-state index contributed by atoms with van der Waals surface area (Å²) < 4.78 is 34.2. The summed E-state index contributed by atoms with van der Waals surface area (Å²) in [6, 6.07) is -0.270. The molecule has 1 aliphatic carbocycles. The SMILES string of the molecule is CC(C)(C)c1noc(CCCC(=O)OCC(=O)N(C2CCCC2)C2CCS(=O)(=O)C2)n1. The van der Waals surface area contributed by atoms with Crippen molar-refractivity contribution in [1.29, 1.82) is 0 Å². The van der Waals surface area contributed by atoms with E-state index >= 15 is 0 Å². The molecule has 0 aromatic carbocycles. The number of rotatable bonds is 8. The Bertz CT molecular complexity index is 883. The smallest absolute Gasteiger partial charge is 0.306 e. The van der Waals surface area contributed by atoms with Gasteiger partial charge >= 0.3 is 5.97 Å². The lowest BCUT2D eigenvalue weighted by Gasteiger charge is -2.33. The Morgan fingerprint density at radius 3 is 2.45 bits per heavy atom. The number of sulfone groups is 1. The lowest BCUT2D eigenvalue weighted by Crippen LogP contribution is -2.48. The van der Waals surface area contributed by atoms with Gasteiger partial charge in [0.05, 0.1) is 11.5 Å². The van der Waals surface area contributed by atoms with E-state index in [0.29, 0.717) is 31.0 Å². The molecule has 1 saturated carbocycles. The van der Waals surface area contributed by atoms with E-state index in [2.05, 4.69) is 10.1 Å². The summed E-state index contributed by atoms with van der Waals surface area (Å²) in [6.45, 7) is 5.63. The van der Waals surface area contributed by atoms with Crippen molar-refractivity contribution in [2.75, 3.05) is 18.1 Å². The molecule has 3 rings (SSSR count). The Morgan fingerprint density at radius 1 is 1.16 bits per heavy atom. The maximum Gasteiger partial charge on any atom is 0.306 e. The van der Waals surface area contributed by atoms with Crippen LogP contribution >= 0.6 is 0 Å². The lowest BCUT2D eigenvalue weighted by atomic mass is 9.96. The number of nitrogens with zero attached hydrogens (tertiary/aromatic N) is 3. The molecule has 1 atom stereocenters. The van der Waals surface area contributed by atoms with Gasteiger partial charge in [-0.05, 0) is 25.7 Å². The highest BCUT2D eigenvalue weighted by atomic mass is 32.2. The van der Waals surface area contributed by atoms with Crippen molar-refractivity contribution < 1.29 is 27.3 Å². The molecule has 1 saturated heterocycles. The zero-order valence-electron chi connectivity index (χ0n) is 18.6. The van der Waals surface area contributed by atoms with Crippen LogP contribution in [-0.2, 0) is 36.0 Å². The van der Waals surface area contributed by atoms with Crippen LogP contribution in [0.3, 0.4) is 0 Å². The van der Waals surface area contributed by atoms with Crippen LogP contribution in [0.1, 0.15) is 77.4 Å². The minimum atomic E-state index is -3.10. The number of amides is 1. The van der Waals surface area contributed by atoms with Crippen LogP contribution in [0.15, 0.2) is 4.52 Å². The summed E-state index contributed by atoms with van der Waals surface area (Å²) in [5.41, 5.74) is -0.203. The number of aromatic nitrogens is 2. The topological polar surface area (TPSA) is 120 Å². The maximum atomic E-state index is 12.8. The van der Waals surface area contributed by atoms with Crippen LogP contribution in [0.5, 0.6) is 0 Å². The third kappa shape index (κ3) is 6.51. The number of aryl methyl sites for hydroxylation is 1. The Morgan fingerprint density at radius 2 is 1.87 bits per heavy atom. The standard InChI is InChI=1S/C21H33N3O6S/c1-21(2,3)20-22-17(30-23-20)9-6-10-19(26)29-13-18(25)24(15-7-4-5-8-15)16-11-12-31(27,28)14-16/h15-16H,4-14H2,1-3H3. The summed E-state index contributed by atoms with van der Waals surface area (Å²) in [7, 11) is -3.10. The van der Waals surface area contributed by atoms with E-state index in [1.807, 2.05) is 20.8 Å². The molecule has 1 amide bonds. The number of ether oxygens (including phenoxy) is 1. The van der Waals surface area contributed by atoms with Crippen LogP contribution in [0.25, 0.3) is 0 Å². The third-order valence-corrected chi connectivity index (χ3v) is 7.63. The zero-order chi connectivity index (χ0) is 22.6. The minimum absolute atomic E-state index is 0.00389. The lowest BCUT2D eigenvalue weighted by molar-refractivity contribution is -0.154. The Kier molecular flexibility index (Phi) is 7.39. The Balaban J connectivity index is 1.46. The molecule has 174 valence electrons. The fourth-order valence-corrected chi connectivity index (χ4v) is 5.93. The molecule has 1 aromatic rings. The quantitative estimate of drug-likeness (QED) is 0.547. The van der Waals surface area contributed by atoms with Gasteiger partial charge < -0.3 is 14.2 Å². The van der Waals surface area contributed by atoms with Gasteiger partial charge in [-0.1, -0.05) is 38.8 Å². The van der Waals surface area contributed by atoms with Crippen molar-refractivity contribution in [3.05, 3.63) is 11.7 Å². The predicted octanol–water partition coefficient (Wildman–Crippen LogP) is 2.19. The number of hydrogen-bond donors (Lipinski definition) is 0. The van der Waals surface area contributed by atoms with E-state index in [1.165, 1.54) is 0 Å². The van der Waals surface area contributed by atoms with Gasteiger partial charge in [-0.15, -0.1) is 0 Å². The second kappa shape index (κ2) is 9.67. The number of hydrogen-bond acceptors (Lipinski definition) is 8. The van der Waals surface area contributed by atoms with Gasteiger partial charge in [0.1, 0.15) is 0 Å². The monoisotopic (exact) mass is 455 g/mol. The van der Waals surface area contributed by atoms with Crippen LogP contribution in [0.2, 0.25) is 0 Å².